The monoisotopic (exact) mass is 446 g/mol. The smallest absolute Gasteiger partial charge is 0.475 e. The summed E-state index contributed by atoms with van der Waals surface area (Å²) >= 11 is 1.69. The summed E-state index contributed by atoms with van der Waals surface area (Å²) in [6.07, 6.45) is -3.01. The lowest BCUT2D eigenvalue weighted by molar-refractivity contribution is -0.192. The lowest BCUT2D eigenvalue weighted by Crippen LogP contribution is -2.41. The van der Waals surface area contributed by atoms with E-state index in [1.807, 2.05) is 19.4 Å². The van der Waals surface area contributed by atoms with Crippen molar-refractivity contribution in [3.63, 3.8) is 0 Å². The Labute approximate surface area is 176 Å². The van der Waals surface area contributed by atoms with Crippen molar-refractivity contribution >= 4 is 23.2 Å². The minimum absolute atomic E-state index is 0.0284. The number of nitrogens with one attached hydrogen (secondary N) is 1. The van der Waals surface area contributed by atoms with Gasteiger partial charge in [-0.05, 0) is 32.9 Å². The number of carbonyl (C=O) groups excluding carboxylic acids is 1. The molecule has 166 valence electrons. The van der Waals surface area contributed by atoms with E-state index in [-0.39, 0.29) is 17.9 Å². The number of aryl methyl sites for hydroxylation is 1. The van der Waals surface area contributed by atoms with Crippen LogP contribution in [-0.2, 0) is 29.2 Å². The second-order valence-electron chi connectivity index (χ2n) is 7.35. The van der Waals surface area contributed by atoms with Crippen molar-refractivity contribution in [2.45, 2.75) is 52.6 Å². The number of aliphatic carboxylic acids is 1. The normalized spacial score (nSPS) is 17.0. The number of nitrogens with zero attached hydrogens (tertiary/aromatic N) is 3. The fourth-order valence-electron chi connectivity index (χ4n) is 3.04. The number of rotatable bonds is 4. The molecule has 0 bridgehead atoms. The van der Waals surface area contributed by atoms with Gasteiger partial charge in [-0.15, -0.1) is 11.3 Å². The summed E-state index contributed by atoms with van der Waals surface area (Å²) < 4.78 is 33.9. The molecular formula is C19H25F3N4O3S. The minimum atomic E-state index is -5.08. The van der Waals surface area contributed by atoms with Crippen LogP contribution in [-0.4, -0.2) is 50.2 Å². The summed E-state index contributed by atoms with van der Waals surface area (Å²) in [5, 5.41) is 10.2. The van der Waals surface area contributed by atoms with Gasteiger partial charge >= 0.3 is 12.1 Å². The topological polar surface area (TPSA) is 87.5 Å². The molecule has 11 heteroatoms. The van der Waals surface area contributed by atoms with Crippen molar-refractivity contribution in [3.05, 3.63) is 40.1 Å². The maximum Gasteiger partial charge on any atom is 0.490 e. The van der Waals surface area contributed by atoms with Crippen molar-refractivity contribution in [3.8, 4) is 0 Å². The molecule has 2 N–H and O–H groups in total. The Hall–Kier alpha value is -2.40. The standard InChI is InChI=1S/C17H24N4OS.C2HF3O2/c1-12(2)19-17(22)14-7-20(10-16-13(3)18-11-23-16)9-15-5-4-6-21(15)8-14;3-2(4,5)1(6)7/h4-6,11-12,14H,7-10H2,1-3H3,(H,19,22);(H,6,7). The van der Waals surface area contributed by atoms with Crippen LogP contribution in [0.5, 0.6) is 0 Å². The van der Waals surface area contributed by atoms with Gasteiger partial charge < -0.3 is 15.0 Å². The van der Waals surface area contributed by atoms with E-state index in [1.54, 1.807) is 11.3 Å². The first kappa shape index (κ1) is 23.9. The highest BCUT2D eigenvalue weighted by atomic mass is 32.1. The lowest BCUT2D eigenvalue weighted by atomic mass is 10.1. The van der Waals surface area contributed by atoms with Crippen LogP contribution in [0.25, 0.3) is 0 Å². The number of carboxylic acid groups (broad SMARTS) is 1. The first-order valence-corrected chi connectivity index (χ1v) is 10.2. The summed E-state index contributed by atoms with van der Waals surface area (Å²) in [5.74, 6) is -2.64. The van der Waals surface area contributed by atoms with Crippen LogP contribution >= 0.6 is 11.3 Å². The van der Waals surface area contributed by atoms with Crippen LogP contribution < -0.4 is 5.32 Å². The van der Waals surface area contributed by atoms with E-state index in [0.717, 1.165) is 31.9 Å². The summed E-state index contributed by atoms with van der Waals surface area (Å²) in [4.78, 5) is 29.4. The van der Waals surface area contributed by atoms with Gasteiger partial charge in [0.25, 0.3) is 0 Å². The molecule has 1 amide bonds. The van der Waals surface area contributed by atoms with Crippen LogP contribution in [0.3, 0.4) is 0 Å². The molecule has 7 nitrogen and oxygen atoms in total. The zero-order valence-corrected chi connectivity index (χ0v) is 17.8. The maximum absolute atomic E-state index is 12.5. The molecule has 1 aliphatic heterocycles. The maximum atomic E-state index is 12.5. The Kier molecular flexibility index (Phi) is 8.02. The van der Waals surface area contributed by atoms with Crippen molar-refractivity contribution < 1.29 is 27.9 Å². The van der Waals surface area contributed by atoms with E-state index >= 15 is 0 Å². The molecule has 0 saturated heterocycles. The van der Waals surface area contributed by atoms with E-state index in [0.29, 0.717) is 0 Å². The Bertz CT molecular complexity index is 863. The van der Waals surface area contributed by atoms with Crippen LogP contribution in [0.1, 0.15) is 30.1 Å². The first-order chi connectivity index (χ1) is 14.0. The van der Waals surface area contributed by atoms with Crippen molar-refractivity contribution in [1.29, 1.82) is 0 Å². The highest BCUT2D eigenvalue weighted by Gasteiger charge is 2.38. The van der Waals surface area contributed by atoms with Crippen LogP contribution in [0.2, 0.25) is 0 Å². The van der Waals surface area contributed by atoms with Crippen molar-refractivity contribution in [2.24, 2.45) is 5.92 Å². The van der Waals surface area contributed by atoms with Gasteiger partial charge in [0.2, 0.25) is 5.91 Å². The number of thiazole rings is 1. The molecule has 0 radical (unpaired) electrons. The summed E-state index contributed by atoms with van der Waals surface area (Å²) in [6, 6.07) is 4.38. The zero-order chi connectivity index (χ0) is 22.5. The van der Waals surface area contributed by atoms with Crippen molar-refractivity contribution in [1.82, 2.24) is 19.8 Å². The minimum Gasteiger partial charge on any atom is -0.475 e. The van der Waals surface area contributed by atoms with Gasteiger partial charge in [-0.2, -0.15) is 13.2 Å². The number of carboxylic acids is 1. The molecule has 1 aliphatic rings. The van der Waals surface area contributed by atoms with Crippen molar-refractivity contribution in [2.75, 3.05) is 6.54 Å². The third-order valence-electron chi connectivity index (χ3n) is 4.46. The third-order valence-corrected chi connectivity index (χ3v) is 5.38. The van der Waals surface area contributed by atoms with Gasteiger partial charge in [0.05, 0.1) is 17.1 Å². The van der Waals surface area contributed by atoms with E-state index in [2.05, 4.69) is 45.0 Å². The van der Waals surface area contributed by atoms with Crippen LogP contribution in [0, 0.1) is 12.8 Å². The number of amides is 1. The molecule has 0 fully saturated rings. The van der Waals surface area contributed by atoms with E-state index in [4.69, 9.17) is 9.90 Å². The van der Waals surface area contributed by atoms with E-state index in [9.17, 15) is 18.0 Å². The Balaban J connectivity index is 0.000000396. The predicted molar refractivity (Wildman–Crippen MR) is 106 cm³/mol. The Morgan fingerprint density at radius 3 is 2.57 bits per heavy atom. The molecule has 0 aromatic carbocycles. The second-order valence-corrected chi connectivity index (χ2v) is 8.28. The zero-order valence-electron chi connectivity index (χ0n) is 16.9. The fourth-order valence-corrected chi connectivity index (χ4v) is 3.86. The quantitative estimate of drug-likeness (QED) is 0.754. The van der Waals surface area contributed by atoms with E-state index in [1.165, 1.54) is 10.6 Å². The summed E-state index contributed by atoms with van der Waals surface area (Å²) in [7, 11) is 0. The van der Waals surface area contributed by atoms with Gasteiger partial charge in [0, 0.05) is 49.0 Å². The molecule has 30 heavy (non-hydrogen) atoms. The number of hydrogen-bond acceptors (Lipinski definition) is 5. The van der Waals surface area contributed by atoms with Crippen LogP contribution in [0.15, 0.2) is 23.8 Å². The number of hydrogen-bond donors (Lipinski definition) is 2. The number of alkyl halides is 3. The molecule has 0 spiro atoms. The Morgan fingerprint density at radius 1 is 1.37 bits per heavy atom. The second kappa shape index (κ2) is 10.1. The SMILES string of the molecule is Cc1ncsc1CN1Cc2cccn2CC(C(=O)NC(C)C)C1.O=C(O)C(F)(F)F. The average Bonchev–Trinajstić information content (AvgIpc) is 3.18. The predicted octanol–water partition coefficient (Wildman–Crippen LogP) is 3.04. The molecule has 1 atom stereocenters. The fraction of sp³-hybridized carbons (Fsp3) is 0.526. The number of halogens is 3. The number of carbonyl (C=O) groups is 2. The first-order valence-electron chi connectivity index (χ1n) is 9.33. The van der Waals surface area contributed by atoms with Gasteiger partial charge in [-0.3, -0.25) is 9.69 Å². The number of aromatic nitrogens is 2. The molecule has 0 saturated carbocycles. The number of fused-ring (bicyclic) bond motifs is 1. The van der Waals surface area contributed by atoms with Gasteiger partial charge in [0.15, 0.2) is 0 Å². The molecule has 3 rings (SSSR count). The molecule has 2 aromatic rings. The molecule has 3 heterocycles. The Morgan fingerprint density at radius 2 is 2.03 bits per heavy atom. The van der Waals surface area contributed by atoms with Crippen LogP contribution in [0.4, 0.5) is 13.2 Å². The lowest BCUT2D eigenvalue weighted by Gasteiger charge is -2.23. The summed E-state index contributed by atoms with van der Waals surface area (Å²) in [6.45, 7) is 9.32. The average molecular weight is 446 g/mol. The highest BCUT2D eigenvalue weighted by molar-refractivity contribution is 7.09. The van der Waals surface area contributed by atoms with E-state index < -0.39 is 12.1 Å². The summed E-state index contributed by atoms with van der Waals surface area (Å²) in [5.41, 5.74) is 4.26. The molecule has 0 aliphatic carbocycles. The molecule has 2 aromatic heterocycles. The van der Waals surface area contributed by atoms with Gasteiger partial charge in [-0.25, -0.2) is 9.78 Å². The molecule has 1 unspecified atom stereocenters. The van der Waals surface area contributed by atoms with Gasteiger partial charge in [0.1, 0.15) is 0 Å². The highest BCUT2D eigenvalue weighted by Crippen LogP contribution is 2.22. The third kappa shape index (κ3) is 6.84. The largest absolute Gasteiger partial charge is 0.490 e. The van der Waals surface area contributed by atoms with Gasteiger partial charge in [-0.1, -0.05) is 0 Å². The molecular weight excluding hydrogens is 421 g/mol.